The third-order valence-electron chi connectivity index (χ3n) is 3.00. The summed E-state index contributed by atoms with van der Waals surface area (Å²) < 4.78 is 0. The molecule has 0 bridgehead atoms. The molecule has 0 saturated heterocycles. The summed E-state index contributed by atoms with van der Waals surface area (Å²) in [5, 5.41) is 15.0. The maximum atomic E-state index is 12.0. The number of aromatic nitrogens is 1. The second-order valence-corrected chi connectivity index (χ2v) is 5.56. The zero-order valence-electron chi connectivity index (χ0n) is 11.6. The van der Waals surface area contributed by atoms with Gasteiger partial charge in [-0.25, -0.2) is 4.98 Å². The second kappa shape index (κ2) is 6.63. The highest BCUT2D eigenvalue weighted by Gasteiger charge is 2.09. The van der Waals surface area contributed by atoms with Crippen molar-refractivity contribution in [1.29, 1.82) is 0 Å². The van der Waals surface area contributed by atoms with Crippen LogP contribution in [-0.4, -0.2) is 16.0 Å². The lowest BCUT2D eigenvalue weighted by Crippen LogP contribution is -2.15. The van der Waals surface area contributed by atoms with Gasteiger partial charge < -0.3 is 10.4 Å². The van der Waals surface area contributed by atoms with E-state index in [0.29, 0.717) is 0 Å². The maximum Gasteiger partial charge on any atom is 0.230 e. The van der Waals surface area contributed by atoms with Crippen molar-refractivity contribution in [2.24, 2.45) is 0 Å². The number of nitrogens with one attached hydrogen (secondary N) is 1. The fourth-order valence-electron chi connectivity index (χ4n) is 1.85. The molecule has 106 valence electrons. The van der Waals surface area contributed by atoms with E-state index in [1.807, 2.05) is 31.4 Å². The van der Waals surface area contributed by atoms with Gasteiger partial charge in [0.2, 0.25) is 5.91 Å². The van der Waals surface area contributed by atoms with Crippen LogP contribution < -0.4 is 5.32 Å². The van der Waals surface area contributed by atoms with Crippen LogP contribution in [-0.2, 0) is 24.2 Å². The lowest BCUT2D eigenvalue weighted by molar-refractivity contribution is -0.115. The van der Waals surface area contributed by atoms with Crippen molar-refractivity contribution in [3.05, 3.63) is 45.4 Å². The normalized spacial score (nSPS) is 10.6. The Bertz CT molecular complexity index is 608. The molecule has 0 saturated carbocycles. The molecule has 1 amide bonds. The van der Waals surface area contributed by atoms with Crippen LogP contribution in [0, 0.1) is 6.92 Å². The van der Waals surface area contributed by atoms with E-state index in [1.54, 1.807) is 17.4 Å². The molecule has 0 spiro atoms. The van der Waals surface area contributed by atoms with Gasteiger partial charge in [0, 0.05) is 11.1 Å². The fourth-order valence-corrected chi connectivity index (χ4v) is 2.60. The summed E-state index contributed by atoms with van der Waals surface area (Å²) >= 11 is 1.58. The summed E-state index contributed by atoms with van der Waals surface area (Å²) in [5.74, 6) is -0.0869. The summed E-state index contributed by atoms with van der Waals surface area (Å²) in [4.78, 5) is 16.4. The number of thiazole rings is 1. The van der Waals surface area contributed by atoms with E-state index >= 15 is 0 Å². The Labute approximate surface area is 122 Å². The molecule has 2 N–H and O–H groups in total. The SMILES string of the molecule is CCc1nc(CC(=O)Nc2cc(CO)ccc2C)cs1. The van der Waals surface area contributed by atoms with Crippen molar-refractivity contribution >= 4 is 22.9 Å². The Balaban J connectivity index is 2.04. The van der Waals surface area contributed by atoms with Crippen LogP contribution in [0.2, 0.25) is 0 Å². The van der Waals surface area contributed by atoms with E-state index in [2.05, 4.69) is 10.3 Å². The van der Waals surface area contributed by atoms with Crippen LogP contribution in [0.4, 0.5) is 5.69 Å². The minimum atomic E-state index is -0.0869. The molecule has 1 aromatic carbocycles. The highest BCUT2D eigenvalue weighted by Crippen LogP contribution is 2.18. The van der Waals surface area contributed by atoms with Crippen LogP contribution in [0.1, 0.15) is 28.8 Å². The second-order valence-electron chi connectivity index (χ2n) is 4.62. The minimum Gasteiger partial charge on any atom is -0.392 e. The van der Waals surface area contributed by atoms with Gasteiger partial charge in [-0.05, 0) is 30.5 Å². The number of aliphatic hydroxyl groups excluding tert-OH is 1. The number of nitrogens with zero attached hydrogens (tertiary/aromatic N) is 1. The van der Waals surface area contributed by atoms with E-state index in [4.69, 9.17) is 5.11 Å². The molecule has 0 aliphatic carbocycles. The maximum absolute atomic E-state index is 12.0. The van der Waals surface area contributed by atoms with Crippen molar-refractivity contribution in [2.75, 3.05) is 5.32 Å². The molecule has 1 aromatic heterocycles. The van der Waals surface area contributed by atoms with Gasteiger partial charge in [0.1, 0.15) is 0 Å². The highest BCUT2D eigenvalue weighted by atomic mass is 32.1. The fraction of sp³-hybridized carbons (Fsp3) is 0.333. The molecule has 1 heterocycles. The van der Waals surface area contributed by atoms with Crippen LogP contribution in [0.15, 0.2) is 23.6 Å². The van der Waals surface area contributed by atoms with Gasteiger partial charge in [0.05, 0.1) is 23.7 Å². The molecule has 0 radical (unpaired) electrons. The van der Waals surface area contributed by atoms with Gasteiger partial charge in [-0.3, -0.25) is 4.79 Å². The Morgan fingerprint density at radius 3 is 2.90 bits per heavy atom. The van der Waals surface area contributed by atoms with Crippen LogP contribution in [0.5, 0.6) is 0 Å². The number of aryl methyl sites for hydroxylation is 2. The molecule has 20 heavy (non-hydrogen) atoms. The average molecular weight is 290 g/mol. The highest BCUT2D eigenvalue weighted by molar-refractivity contribution is 7.09. The number of hydrogen-bond donors (Lipinski definition) is 2. The van der Waals surface area contributed by atoms with Crippen LogP contribution in [0.25, 0.3) is 0 Å². The number of rotatable bonds is 5. The lowest BCUT2D eigenvalue weighted by atomic mass is 10.1. The molecule has 2 rings (SSSR count). The average Bonchev–Trinajstić information content (AvgIpc) is 2.88. The Kier molecular flexibility index (Phi) is 4.87. The van der Waals surface area contributed by atoms with Crippen LogP contribution in [0.3, 0.4) is 0 Å². The Hall–Kier alpha value is -1.72. The summed E-state index contributed by atoms with van der Waals surface area (Å²) in [5.41, 5.74) is 3.31. The Morgan fingerprint density at radius 2 is 2.25 bits per heavy atom. The van der Waals surface area contributed by atoms with Gasteiger partial charge in [-0.2, -0.15) is 0 Å². The molecule has 0 aliphatic rings. The summed E-state index contributed by atoms with van der Waals surface area (Å²) in [6.07, 6.45) is 1.17. The van der Waals surface area contributed by atoms with E-state index < -0.39 is 0 Å². The molecular formula is C15H18N2O2S. The van der Waals surface area contributed by atoms with Crippen molar-refractivity contribution in [1.82, 2.24) is 4.98 Å². The van der Waals surface area contributed by atoms with E-state index in [1.165, 1.54) is 0 Å². The predicted molar refractivity (Wildman–Crippen MR) is 80.9 cm³/mol. The smallest absolute Gasteiger partial charge is 0.230 e. The van der Waals surface area contributed by atoms with E-state index in [-0.39, 0.29) is 18.9 Å². The van der Waals surface area contributed by atoms with Gasteiger partial charge in [0.25, 0.3) is 0 Å². The molecule has 0 aliphatic heterocycles. The molecule has 0 unspecified atom stereocenters. The first-order valence-electron chi connectivity index (χ1n) is 6.56. The quantitative estimate of drug-likeness (QED) is 0.890. The van der Waals surface area contributed by atoms with Crippen molar-refractivity contribution in [3.63, 3.8) is 0 Å². The number of anilines is 1. The molecule has 2 aromatic rings. The van der Waals surface area contributed by atoms with Crippen molar-refractivity contribution < 1.29 is 9.90 Å². The standard InChI is InChI=1S/C15H18N2O2S/c1-3-15-16-12(9-20-15)7-14(19)17-13-6-11(8-18)5-4-10(13)2/h4-6,9,18H,3,7-8H2,1-2H3,(H,17,19). The number of benzene rings is 1. The number of carbonyl (C=O) groups is 1. The predicted octanol–water partition coefficient (Wildman–Crippen LogP) is 2.69. The molecule has 0 fully saturated rings. The summed E-state index contributed by atoms with van der Waals surface area (Å²) in [6.45, 7) is 3.94. The van der Waals surface area contributed by atoms with Crippen molar-refractivity contribution in [3.8, 4) is 0 Å². The monoisotopic (exact) mass is 290 g/mol. The van der Waals surface area contributed by atoms with E-state index in [0.717, 1.165) is 33.9 Å². The van der Waals surface area contributed by atoms with E-state index in [9.17, 15) is 4.79 Å². The first-order valence-corrected chi connectivity index (χ1v) is 7.44. The zero-order chi connectivity index (χ0) is 14.5. The third kappa shape index (κ3) is 3.65. The lowest BCUT2D eigenvalue weighted by Gasteiger charge is -2.09. The first kappa shape index (κ1) is 14.7. The molecule has 0 atom stereocenters. The molecule has 5 heteroatoms. The number of hydrogen-bond acceptors (Lipinski definition) is 4. The van der Waals surface area contributed by atoms with Crippen molar-refractivity contribution in [2.45, 2.75) is 33.3 Å². The first-order chi connectivity index (χ1) is 9.62. The zero-order valence-corrected chi connectivity index (χ0v) is 12.5. The minimum absolute atomic E-state index is 0.0326. The third-order valence-corrected chi connectivity index (χ3v) is 4.04. The molecule has 4 nitrogen and oxygen atoms in total. The Morgan fingerprint density at radius 1 is 1.45 bits per heavy atom. The number of aliphatic hydroxyl groups is 1. The largest absolute Gasteiger partial charge is 0.392 e. The topological polar surface area (TPSA) is 62.2 Å². The number of amides is 1. The van der Waals surface area contributed by atoms with Gasteiger partial charge in [0.15, 0.2) is 0 Å². The van der Waals surface area contributed by atoms with Gasteiger partial charge in [-0.15, -0.1) is 11.3 Å². The van der Waals surface area contributed by atoms with Gasteiger partial charge >= 0.3 is 0 Å². The number of carbonyl (C=O) groups excluding carboxylic acids is 1. The summed E-state index contributed by atoms with van der Waals surface area (Å²) in [7, 11) is 0. The van der Waals surface area contributed by atoms with Crippen LogP contribution >= 0.6 is 11.3 Å². The molecular weight excluding hydrogens is 272 g/mol. The summed E-state index contributed by atoms with van der Waals surface area (Å²) in [6, 6.07) is 5.53. The van der Waals surface area contributed by atoms with Gasteiger partial charge in [-0.1, -0.05) is 19.1 Å².